The summed E-state index contributed by atoms with van der Waals surface area (Å²) in [5.74, 6) is -3.93. The predicted molar refractivity (Wildman–Crippen MR) is 160 cm³/mol. The van der Waals surface area contributed by atoms with E-state index in [1.807, 2.05) is 0 Å². The first kappa shape index (κ1) is 34.5. The molecule has 4 atom stereocenters. The van der Waals surface area contributed by atoms with Crippen LogP contribution < -0.4 is 43.8 Å². The van der Waals surface area contributed by atoms with Crippen LogP contribution in [0.5, 0.6) is 0 Å². The van der Waals surface area contributed by atoms with Crippen LogP contribution in [0.2, 0.25) is 0 Å². The van der Waals surface area contributed by atoms with E-state index in [0.717, 1.165) is 5.56 Å². The SMILES string of the molecule is C=C(O)C[C@@H]1NC(=O)CNC(=O)[C@H](CCCN=C(N)N)NC(=O)[C@H](CCCCN)NC(=O)[C@@H](Cc2ccccc2)NC1=O. The second kappa shape index (κ2) is 18.0. The van der Waals surface area contributed by atoms with Crippen LogP contribution in [0, 0.1) is 0 Å². The van der Waals surface area contributed by atoms with Gasteiger partial charge in [-0.1, -0.05) is 36.9 Å². The average Bonchev–Trinajstić information content (AvgIpc) is 2.95. The Morgan fingerprint density at radius 3 is 2.02 bits per heavy atom. The molecule has 0 spiro atoms. The summed E-state index contributed by atoms with van der Waals surface area (Å²) in [4.78, 5) is 70.0. The van der Waals surface area contributed by atoms with Crippen molar-refractivity contribution in [1.29, 1.82) is 0 Å². The predicted octanol–water partition coefficient (Wildman–Crippen LogP) is -2.06. The number of hydrogen-bond acceptors (Lipinski definition) is 8. The van der Waals surface area contributed by atoms with E-state index in [-0.39, 0.29) is 43.9 Å². The van der Waals surface area contributed by atoms with Crippen LogP contribution in [-0.4, -0.2) is 84.4 Å². The summed E-state index contributed by atoms with van der Waals surface area (Å²) in [6.45, 7) is 3.45. The highest BCUT2D eigenvalue weighted by molar-refractivity contribution is 5.97. The van der Waals surface area contributed by atoms with Crippen LogP contribution in [0.3, 0.4) is 0 Å². The number of carbonyl (C=O) groups excluding carboxylic acids is 5. The van der Waals surface area contributed by atoms with Crippen LogP contribution >= 0.6 is 0 Å². The van der Waals surface area contributed by atoms with E-state index >= 15 is 0 Å². The fourth-order valence-corrected chi connectivity index (χ4v) is 4.39. The Labute approximate surface area is 250 Å². The quantitative estimate of drug-likeness (QED) is 0.0552. The zero-order valence-electron chi connectivity index (χ0n) is 24.1. The van der Waals surface area contributed by atoms with Gasteiger partial charge in [-0.2, -0.15) is 0 Å². The average molecular weight is 602 g/mol. The third kappa shape index (κ3) is 12.8. The van der Waals surface area contributed by atoms with Gasteiger partial charge in [-0.25, -0.2) is 0 Å². The first-order valence-corrected chi connectivity index (χ1v) is 14.1. The lowest BCUT2D eigenvalue weighted by Gasteiger charge is -2.26. The molecule has 1 aliphatic rings. The fourth-order valence-electron chi connectivity index (χ4n) is 4.39. The summed E-state index contributed by atoms with van der Waals surface area (Å²) < 4.78 is 0. The van der Waals surface area contributed by atoms with E-state index < -0.39 is 60.2 Å². The molecule has 1 heterocycles. The van der Waals surface area contributed by atoms with Crippen LogP contribution in [0.4, 0.5) is 0 Å². The number of carbonyl (C=O) groups is 5. The Bertz CT molecular complexity index is 1160. The second-order valence-electron chi connectivity index (χ2n) is 10.2. The first-order chi connectivity index (χ1) is 20.5. The lowest BCUT2D eigenvalue weighted by atomic mass is 10.0. The number of amides is 5. The van der Waals surface area contributed by atoms with Crippen molar-refractivity contribution in [3.63, 3.8) is 0 Å². The fraction of sp³-hybridized carbons (Fsp3) is 0.500. The highest BCUT2D eigenvalue weighted by Gasteiger charge is 2.32. The van der Waals surface area contributed by atoms with E-state index in [1.165, 1.54) is 0 Å². The molecule has 0 aliphatic carbocycles. The molecule has 236 valence electrons. The minimum absolute atomic E-state index is 0.0732. The summed E-state index contributed by atoms with van der Waals surface area (Å²) in [5.41, 5.74) is 17.1. The Kier molecular flexibility index (Phi) is 14.5. The molecule has 1 fully saturated rings. The number of guanidine groups is 1. The topological polar surface area (TPSA) is 256 Å². The summed E-state index contributed by atoms with van der Waals surface area (Å²) in [7, 11) is 0. The molecule has 0 radical (unpaired) electrons. The maximum absolute atomic E-state index is 13.6. The Balaban J connectivity index is 2.44. The number of rotatable bonds is 12. The largest absolute Gasteiger partial charge is 0.513 e. The van der Waals surface area contributed by atoms with Crippen molar-refractivity contribution in [2.45, 2.75) is 69.1 Å². The molecule has 0 unspecified atom stereocenters. The number of nitrogens with two attached hydrogens (primary N) is 3. The zero-order chi connectivity index (χ0) is 31.8. The van der Waals surface area contributed by atoms with Crippen molar-refractivity contribution in [3.8, 4) is 0 Å². The summed E-state index contributed by atoms with van der Waals surface area (Å²) >= 11 is 0. The number of aliphatic hydroxyl groups excluding tert-OH is 1. The highest BCUT2D eigenvalue weighted by Crippen LogP contribution is 2.09. The number of benzene rings is 1. The lowest BCUT2D eigenvalue weighted by molar-refractivity contribution is -0.134. The molecular formula is C28H43N9O6. The Morgan fingerprint density at radius 2 is 1.40 bits per heavy atom. The highest BCUT2D eigenvalue weighted by atomic mass is 16.3. The minimum atomic E-state index is -1.30. The number of nitrogens with one attached hydrogen (secondary N) is 5. The zero-order valence-corrected chi connectivity index (χ0v) is 24.1. The van der Waals surface area contributed by atoms with Gasteiger partial charge in [0, 0.05) is 19.4 Å². The molecule has 1 aliphatic heterocycles. The van der Waals surface area contributed by atoms with Crippen molar-refractivity contribution in [3.05, 3.63) is 48.2 Å². The molecule has 1 aromatic carbocycles. The van der Waals surface area contributed by atoms with Crippen molar-refractivity contribution in [1.82, 2.24) is 26.6 Å². The number of nitrogens with zero attached hydrogens (tertiary/aromatic N) is 1. The molecule has 12 N–H and O–H groups in total. The van der Waals surface area contributed by atoms with Crippen LogP contribution in [0.15, 0.2) is 47.7 Å². The van der Waals surface area contributed by atoms with Crippen molar-refractivity contribution >= 4 is 35.5 Å². The molecule has 0 bridgehead atoms. The summed E-state index contributed by atoms with van der Waals surface area (Å²) in [5, 5.41) is 22.7. The molecular weight excluding hydrogens is 558 g/mol. The molecule has 15 heteroatoms. The Morgan fingerprint density at radius 1 is 0.814 bits per heavy atom. The van der Waals surface area contributed by atoms with Gasteiger partial charge in [0.05, 0.1) is 12.3 Å². The van der Waals surface area contributed by atoms with E-state index in [0.29, 0.717) is 25.8 Å². The van der Waals surface area contributed by atoms with Crippen LogP contribution in [-0.2, 0) is 30.4 Å². The smallest absolute Gasteiger partial charge is 0.243 e. The van der Waals surface area contributed by atoms with Gasteiger partial charge in [-0.15, -0.1) is 0 Å². The monoisotopic (exact) mass is 601 g/mol. The molecule has 5 amide bonds. The van der Waals surface area contributed by atoms with Crippen molar-refractivity contribution in [2.24, 2.45) is 22.2 Å². The maximum Gasteiger partial charge on any atom is 0.243 e. The van der Waals surface area contributed by atoms with Crippen LogP contribution in [0.1, 0.15) is 44.1 Å². The third-order valence-electron chi connectivity index (χ3n) is 6.59. The molecule has 0 aromatic heterocycles. The summed E-state index contributed by atoms with van der Waals surface area (Å²) in [6.07, 6.45) is 1.51. The molecule has 1 saturated heterocycles. The normalized spacial score (nSPS) is 22.0. The van der Waals surface area contributed by atoms with Gasteiger partial charge in [-0.05, 0) is 44.2 Å². The third-order valence-corrected chi connectivity index (χ3v) is 6.59. The first-order valence-electron chi connectivity index (χ1n) is 14.1. The number of unbranched alkanes of at least 4 members (excludes halogenated alkanes) is 1. The number of aliphatic hydroxyl groups is 1. The number of aliphatic imine (C=N–C) groups is 1. The number of hydrogen-bond donors (Lipinski definition) is 9. The maximum atomic E-state index is 13.6. The van der Waals surface area contributed by atoms with Gasteiger partial charge >= 0.3 is 0 Å². The molecule has 15 nitrogen and oxygen atoms in total. The standard InChI is InChI=1S/C28H43N9O6/c1-17(38)14-21-26(42)37-22(15-18-8-3-2-4-9-18)27(43)36-20(10-5-6-12-29)25(41)35-19(11-7-13-32-28(30)31)24(40)33-16-23(39)34-21/h2-4,8-9,19-22,38H,1,5-7,10-16,29H2,(H,33,40)(H,34,39)(H,35,41)(H,36,43)(H,37,42)(H4,30,31,32)/t19-,20-,21-,22+/m0/s1. The van der Waals surface area contributed by atoms with Crippen molar-refractivity contribution in [2.75, 3.05) is 19.6 Å². The van der Waals surface area contributed by atoms with Gasteiger partial charge in [-0.3, -0.25) is 29.0 Å². The van der Waals surface area contributed by atoms with Crippen LogP contribution in [0.25, 0.3) is 0 Å². The van der Waals surface area contributed by atoms with Gasteiger partial charge in [0.2, 0.25) is 29.5 Å². The van der Waals surface area contributed by atoms with Gasteiger partial charge < -0.3 is 48.9 Å². The van der Waals surface area contributed by atoms with E-state index in [1.54, 1.807) is 30.3 Å². The van der Waals surface area contributed by atoms with E-state index in [4.69, 9.17) is 17.2 Å². The van der Waals surface area contributed by atoms with Gasteiger partial charge in [0.25, 0.3) is 0 Å². The molecule has 43 heavy (non-hydrogen) atoms. The molecule has 0 saturated carbocycles. The molecule has 1 aromatic rings. The summed E-state index contributed by atoms with van der Waals surface area (Å²) in [6, 6.07) is 4.33. The lowest BCUT2D eigenvalue weighted by Crippen LogP contribution is -2.58. The van der Waals surface area contributed by atoms with Gasteiger partial charge in [0.15, 0.2) is 5.96 Å². The second-order valence-corrected chi connectivity index (χ2v) is 10.2. The minimum Gasteiger partial charge on any atom is -0.513 e. The molecule has 2 rings (SSSR count). The van der Waals surface area contributed by atoms with Crippen molar-refractivity contribution < 1.29 is 29.1 Å². The van der Waals surface area contributed by atoms with Gasteiger partial charge in [0.1, 0.15) is 24.2 Å². The van der Waals surface area contributed by atoms with E-state index in [9.17, 15) is 29.1 Å². The Hall–Kier alpha value is -4.66. The van der Waals surface area contributed by atoms with E-state index in [2.05, 4.69) is 38.2 Å².